The summed E-state index contributed by atoms with van der Waals surface area (Å²) in [7, 11) is 1.46. The monoisotopic (exact) mass is 678 g/mol. The number of nitrogens with zero attached hydrogens (tertiary/aromatic N) is 4. The summed E-state index contributed by atoms with van der Waals surface area (Å²) in [5.41, 5.74) is 1.48. The molecule has 11 nitrogen and oxygen atoms in total. The van der Waals surface area contributed by atoms with Gasteiger partial charge in [-0.2, -0.15) is 0 Å². The third kappa shape index (κ3) is 4.11. The molecule has 0 aliphatic carbocycles. The molecule has 2 aromatic carbocycles. The molecule has 1 aliphatic rings. The molecule has 204 valence electrons. The van der Waals surface area contributed by atoms with E-state index in [0.29, 0.717) is 54.2 Å². The highest BCUT2D eigenvalue weighted by Crippen LogP contribution is 2.51. The van der Waals surface area contributed by atoms with Crippen LogP contribution >= 0.6 is 31.9 Å². The predicted molar refractivity (Wildman–Crippen MR) is 152 cm³/mol. The van der Waals surface area contributed by atoms with E-state index in [1.54, 1.807) is 36.4 Å². The number of methoxy groups -OCH3 is 1. The molecule has 1 atom stereocenters. The molecule has 5 heterocycles. The maximum atomic E-state index is 13.6. The Morgan fingerprint density at radius 3 is 2.66 bits per heavy atom. The van der Waals surface area contributed by atoms with Crippen molar-refractivity contribution in [3.63, 3.8) is 0 Å². The number of hydrogen-bond acceptors (Lipinski definition) is 10. The molecular weight excluding hydrogens is 664 g/mol. The van der Waals surface area contributed by atoms with Crippen molar-refractivity contribution in [3.05, 3.63) is 91.1 Å². The lowest BCUT2D eigenvalue weighted by atomic mass is 9.84. The van der Waals surface area contributed by atoms with Gasteiger partial charge in [0.2, 0.25) is 11.7 Å². The van der Waals surface area contributed by atoms with Gasteiger partial charge in [0.1, 0.15) is 11.9 Å². The summed E-state index contributed by atoms with van der Waals surface area (Å²) in [6.45, 7) is 1.30. The van der Waals surface area contributed by atoms with Gasteiger partial charge >= 0.3 is 11.6 Å². The van der Waals surface area contributed by atoms with Gasteiger partial charge in [0.25, 0.3) is 0 Å². The fourth-order valence-electron chi connectivity index (χ4n) is 4.95. The molecule has 0 N–H and O–H groups in total. The lowest BCUT2D eigenvalue weighted by Gasteiger charge is -2.28. The van der Waals surface area contributed by atoms with Crippen LogP contribution in [0.2, 0.25) is 0 Å². The first kappa shape index (κ1) is 25.5. The normalized spacial score (nSPS) is 14.0. The standard InChI is InChI=1S/C28H16Br2N4O7/c1-12(35)38-24-15(29)9-13(10-18(24)37-2)20-21-23(14-5-3-4-6-16(14)40-28(21)36)41-27-22(20)26-32-25(33-34(26)11-31-27)17-7-8-19(30)39-17/h3-11,20H,1-2H3. The van der Waals surface area contributed by atoms with Crippen molar-refractivity contribution in [3.8, 4) is 34.7 Å². The van der Waals surface area contributed by atoms with E-state index in [0.717, 1.165) is 0 Å². The summed E-state index contributed by atoms with van der Waals surface area (Å²) in [5, 5.41) is 5.14. The topological polar surface area (TPSA) is 131 Å². The van der Waals surface area contributed by atoms with E-state index >= 15 is 0 Å². The smallest absolute Gasteiger partial charge is 0.344 e. The Kier molecular flexibility index (Phi) is 5.94. The number of ether oxygens (including phenoxy) is 3. The van der Waals surface area contributed by atoms with Gasteiger partial charge in [-0.25, -0.2) is 19.3 Å². The zero-order valence-electron chi connectivity index (χ0n) is 21.2. The van der Waals surface area contributed by atoms with Crippen LogP contribution in [0.15, 0.2) is 77.6 Å². The van der Waals surface area contributed by atoms with Crippen molar-refractivity contribution in [1.29, 1.82) is 0 Å². The maximum Gasteiger partial charge on any atom is 0.344 e. The highest BCUT2D eigenvalue weighted by atomic mass is 79.9. The van der Waals surface area contributed by atoms with Crippen LogP contribution in [0.3, 0.4) is 0 Å². The zero-order chi connectivity index (χ0) is 28.4. The summed E-state index contributed by atoms with van der Waals surface area (Å²) in [6.07, 6.45) is 1.48. The Bertz CT molecular complexity index is 2100. The fourth-order valence-corrected chi connectivity index (χ4v) is 5.80. The van der Waals surface area contributed by atoms with E-state index in [1.165, 1.54) is 24.9 Å². The fraction of sp³-hybridized carbons (Fsp3) is 0.107. The van der Waals surface area contributed by atoms with Crippen LogP contribution in [0.5, 0.6) is 23.1 Å². The van der Waals surface area contributed by atoms with Gasteiger partial charge in [0.15, 0.2) is 33.3 Å². The largest absolute Gasteiger partial charge is 0.493 e. The molecule has 4 aromatic heterocycles. The number of para-hydroxylation sites is 1. The molecular formula is C28H16Br2N4O7. The Hall–Kier alpha value is -4.49. The van der Waals surface area contributed by atoms with E-state index < -0.39 is 17.5 Å². The third-order valence-electron chi connectivity index (χ3n) is 6.59. The third-order valence-corrected chi connectivity index (χ3v) is 7.60. The Morgan fingerprint density at radius 2 is 1.90 bits per heavy atom. The van der Waals surface area contributed by atoms with Crippen molar-refractivity contribution in [1.82, 2.24) is 19.6 Å². The number of rotatable bonds is 4. The van der Waals surface area contributed by atoms with Crippen molar-refractivity contribution in [2.24, 2.45) is 0 Å². The van der Waals surface area contributed by atoms with Crippen molar-refractivity contribution in [2.45, 2.75) is 12.8 Å². The van der Waals surface area contributed by atoms with E-state index in [-0.39, 0.29) is 22.9 Å². The molecule has 6 aromatic rings. The summed E-state index contributed by atoms with van der Waals surface area (Å²) in [5.74, 6) is 0.469. The van der Waals surface area contributed by atoms with Crippen molar-refractivity contribution >= 4 is 54.4 Å². The lowest BCUT2D eigenvalue weighted by Crippen LogP contribution is -2.22. The number of esters is 1. The maximum absolute atomic E-state index is 13.6. The second-order valence-corrected chi connectivity index (χ2v) is 10.7. The van der Waals surface area contributed by atoms with E-state index in [1.807, 2.05) is 12.1 Å². The van der Waals surface area contributed by atoms with Crippen LogP contribution in [-0.2, 0) is 4.79 Å². The summed E-state index contributed by atoms with van der Waals surface area (Å²) >= 11 is 6.81. The van der Waals surface area contributed by atoms with E-state index in [4.69, 9.17) is 28.0 Å². The molecule has 0 bridgehead atoms. The molecule has 0 spiro atoms. The SMILES string of the molecule is COc1cc(C2c3c(c4ccccc4oc3=O)Oc3ncn4nc(-c5ccc(Br)o5)nc4c32)cc(Br)c1OC(C)=O. The zero-order valence-corrected chi connectivity index (χ0v) is 24.3. The number of aromatic nitrogens is 4. The summed E-state index contributed by atoms with van der Waals surface area (Å²) in [4.78, 5) is 34.7. The summed E-state index contributed by atoms with van der Waals surface area (Å²) < 4.78 is 31.2. The molecule has 13 heteroatoms. The number of benzene rings is 2. The average molecular weight is 680 g/mol. The Morgan fingerprint density at radius 1 is 1.07 bits per heavy atom. The molecule has 0 fully saturated rings. The molecule has 1 unspecified atom stereocenters. The first-order valence-corrected chi connectivity index (χ1v) is 13.7. The number of hydrogen-bond donors (Lipinski definition) is 0. The number of fused-ring (bicyclic) bond motifs is 6. The van der Waals surface area contributed by atoms with Gasteiger partial charge in [0.05, 0.1) is 34.0 Å². The molecule has 1 aliphatic heterocycles. The van der Waals surface area contributed by atoms with Crippen LogP contribution in [-0.4, -0.2) is 32.7 Å². The second-order valence-electron chi connectivity index (χ2n) is 9.06. The number of halogens is 2. The van der Waals surface area contributed by atoms with Crippen LogP contribution < -0.4 is 19.8 Å². The molecule has 0 saturated heterocycles. The van der Waals surface area contributed by atoms with Gasteiger partial charge in [-0.05, 0) is 73.8 Å². The van der Waals surface area contributed by atoms with E-state index in [2.05, 4.69) is 41.9 Å². The highest BCUT2D eigenvalue weighted by Gasteiger charge is 2.38. The molecule has 0 radical (unpaired) electrons. The first-order chi connectivity index (χ1) is 19.8. The number of carbonyl (C=O) groups is 1. The molecule has 0 saturated carbocycles. The van der Waals surface area contributed by atoms with E-state index in [9.17, 15) is 9.59 Å². The van der Waals surface area contributed by atoms with Crippen LogP contribution in [0.4, 0.5) is 0 Å². The van der Waals surface area contributed by atoms with Crippen molar-refractivity contribution < 1.29 is 27.8 Å². The van der Waals surface area contributed by atoms with Gasteiger partial charge in [-0.3, -0.25) is 4.79 Å². The van der Waals surface area contributed by atoms with Crippen LogP contribution in [0, 0.1) is 0 Å². The summed E-state index contributed by atoms with van der Waals surface area (Å²) in [6, 6.07) is 14.0. The molecule has 0 amide bonds. The molecule has 41 heavy (non-hydrogen) atoms. The second kappa shape index (κ2) is 9.56. The Labute approximate surface area is 246 Å². The lowest BCUT2D eigenvalue weighted by molar-refractivity contribution is -0.132. The van der Waals surface area contributed by atoms with Gasteiger partial charge in [-0.1, -0.05) is 12.1 Å². The number of carbonyl (C=O) groups excluding carboxylic acids is 1. The highest BCUT2D eigenvalue weighted by molar-refractivity contribution is 9.10. The quantitative estimate of drug-likeness (QED) is 0.120. The van der Waals surface area contributed by atoms with Crippen LogP contribution in [0.1, 0.15) is 29.5 Å². The molecule has 7 rings (SSSR count). The minimum Gasteiger partial charge on any atom is -0.493 e. The predicted octanol–water partition coefficient (Wildman–Crippen LogP) is 6.24. The Balaban J connectivity index is 1.55. The number of furan rings is 1. The van der Waals surface area contributed by atoms with Crippen molar-refractivity contribution in [2.75, 3.05) is 7.11 Å². The van der Waals surface area contributed by atoms with Gasteiger partial charge < -0.3 is 23.0 Å². The van der Waals surface area contributed by atoms with Gasteiger partial charge in [-0.15, -0.1) is 5.10 Å². The minimum atomic E-state index is -0.789. The minimum absolute atomic E-state index is 0.200. The van der Waals surface area contributed by atoms with Crippen LogP contribution in [0.25, 0.3) is 28.2 Å². The average Bonchev–Trinajstić information content (AvgIpc) is 3.59. The van der Waals surface area contributed by atoms with Gasteiger partial charge in [0, 0.05) is 6.92 Å². The first-order valence-electron chi connectivity index (χ1n) is 12.1.